The summed E-state index contributed by atoms with van der Waals surface area (Å²) in [7, 11) is 0. The van der Waals surface area contributed by atoms with Crippen molar-refractivity contribution < 1.29 is 0 Å². The van der Waals surface area contributed by atoms with Crippen LogP contribution in [0.4, 0.5) is 0 Å². The van der Waals surface area contributed by atoms with Gasteiger partial charge in [0, 0.05) is 0 Å². The van der Waals surface area contributed by atoms with Crippen molar-refractivity contribution >= 4 is 0 Å². The van der Waals surface area contributed by atoms with Gasteiger partial charge in [-0.1, -0.05) is 102 Å². The predicted molar refractivity (Wildman–Crippen MR) is 157 cm³/mol. The van der Waals surface area contributed by atoms with Crippen LogP contribution in [0, 0.1) is 23.2 Å². The summed E-state index contributed by atoms with van der Waals surface area (Å²) in [4.78, 5) is 0. The van der Waals surface area contributed by atoms with Gasteiger partial charge in [0.1, 0.15) is 0 Å². The highest BCUT2D eigenvalue weighted by Gasteiger charge is 2.52. The van der Waals surface area contributed by atoms with Gasteiger partial charge in [0.2, 0.25) is 0 Å². The van der Waals surface area contributed by atoms with E-state index in [4.69, 9.17) is 0 Å². The lowest BCUT2D eigenvalue weighted by Gasteiger charge is -2.58. The van der Waals surface area contributed by atoms with Gasteiger partial charge in [0.05, 0.1) is 0 Å². The van der Waals surface area contributed by atoms with E-state index in [0.29, 0.717) is 5.41 Å². The van der Waals surface area contributed by atoms with Crippen LogP contribution in [0.5, 0.6) is 0 Å². The smallest absolute Gasteiger partial charge is 0.00463 e. The molecule has 202 valence electrons. The molecule has 2 bridgehead atoms. The maximum Gasteiger partial charge on any atom is -0.00463 e. The molecule has 0 unspecified atom stereocenters. The standard InChI is InChI=1S/C36H58/c1-3-5-7-9-29-11-15-31(16-12-29)32-17-21-34(22-18-32)36-26-23-35(24-27-36,25-28-36)33-19-13-30(14-20-33)10-8-6-4-2/h17-18,21-22,29-31,33H,3-16,19-20,23-28H2,1-2H3/t29-,30?,31-,33?,35?,36?. The van der Waals surface area contributed by atoms with Crippen molar-refractivity contribution in [3.8, 4) is 0 Å². The lowest BCUT2D eigenvalue weighted by Crippen LogP contribution is -2.48. The van der Waals surface area contributed by atoms with Gasteiger partial charge in [-0.3, -0.25) is 0 Å². The molecule has 36 heavy (non-hydrogen) atoms. The first kappa shape index (κ1) is 26.8. The summed E-state index contributed by atoms with van der Waals surface area (Å²) in [5.41, 5.74) is 4.60. The predicted octanol–water partition coefficient (Wildman–Crippen LogP) is 11.5. The molecule has 0 aliphatic heterocycles. The van der Waals surface area contributed by atoms with Crippen LogP contribution in [0.15, 0.2) is 24.3 Å². The number of hydrogen-bond donors (Lipinski definition) is 0. The van der Waals surface area contributed by atoms with E-state index >= 15 is 0 Å². The van der Waals surface area contributed by atoms with Crippen LogP contribution in [0.25, 0.3) is 0 Å². The molecule has 0 spiro atoms. The molecule has 0 nitrogen and oxygen atoms in total. The Kier molecular flexibility index (Phi) is 9.22. The molecule has 0 amide bonds. The second kappa shape index (κ2) is 12.4. The number of unbranched alkanes of at least 4 members (excludes halogenated alkanes) is 4. The Morgan fingerprint density at radius 3 is 1.58 bits per heavy atom. The zero-order valence-corrected chi connectivity index (χ0v) is 24.2. The SMILES string of the molecule is CCCCCC1CCC(C23CCC(c4ccc([C@H]5CC[C@H](CCCCC)CC5)cc4)(CC2)CC3)CC1. The molecule has 5 aliphatic rings. The summed E-state index contributed by atoms with van der Waals surface area (Å²) in [6.45, 7) is 4.68. The average Bonchev–Trinajstić information content (AvgIpc) is 2.95. The second-order valence-corrected chi connectivity index (χ2v) is 14.2. The van der Waals surface area contributed by atoms with E-state index in [1.165, 1.54) is 116 Å². The number of rotatable bonds is 11. The highest BCUT2D eigenvalue weighted by Crippen LogP contribution is 2.62. The third-order valence-corrected chi connectivity index (χ3v) is 12.3. The fraction of sp³-hybridized carbons (Fsp3) is 0.833. The Bertz CT molecular complexity index is 746. The molecule has 0 heteroatoms. The van der Waals surface area contributed by atoms with E-state index in [0.717, 1.165) is 29.1 Å². The average molecular weight is 491 g/mol. The van der Waals surface area contributed by atoms with Gasteiger partial charge in [-0.05, 0) is 123 Å². The summed E-state index contributed by atoms with van der Waals surface area (Å²) >= 11 is 0. The van der Waals surface area contributed by atoms with Crippen molar-refractivity contribution in [1.29, 1.82) is 0 Å². The van der Waals surface area contributed by atoms with Gasteiger partial charge in [-0.25, -0.2) is 0 Å². The van der Waals surface area contributed by atoms with E-state index in [9.17, 15) is 0 Å². The Morgan fingerprint density at radius 2 is 1.08 bits per heavy atom. The van der Waals surface area contributed by atoms with Gasteiger partial charge in [-0.15, -0.1) is 0 Å². The fourth-order valence-electron chi connectivity index (χ4n) is 9.58. The van der Waals surface area contributed by atoms with Crippen molar-refractivity contribution in [1.82, 2.24) is 0 Å². The fourth-order valence-corrected chi connectivity index (χ4v) is 9.58. The Balaban J connectivity index is 1.11. The molecule has 6 rings (SSSR count). The van der Waals surface area contributed by atoms with E-state index in [1.807, 2.05) is 0 Å². The van der Waals surface area contributed by atoms with Gasteiger partial charge >= 0.3 is 0 Å². The lowest BCUT2D eigenvalue weighted by atomic mass is 9.47. The van der Waals surface area contributed by atoms with Gasteiger partial charge < -0.3 is 0 Å². The summed E-state index contributed by atoms with van der Waals surface area (Å²) < 4.78 is 0. The van der Waals surface area contributed by atoms with Gasteiger partial charge in [-0.2, -0.15) is 0 Å². The Labute approximate surface area is 224 Å². The van der Waals surface area contributed by atoms with E-state index < -0.39 is 0 Å². The molecule has 5 aliphatic carbocycles. The lowest BCUT2D eigenvalue weighted by molar-refractivity contribution is -0.0294. The van der Waals surface area contributed by atoms with Gasteiger partial charge in [0.15, 0.2) is 0 Å². The van der Waals surface area contributed by atoms with E-state index in [-0.39, 0.29) is 0 Å². The molecule has 0 heterocycles. The van der Waals surface area contributed by atoms with Crippen molar-refractivity contribution in [2.45, 2.75) is 166 Å². The molecule has 1 aromatic carbocycles. The molecule has 5 saturated carbocycles. The molecule has 0 N–H and O–H groups in total. The molecule has 1 aromatic rings. The minimum absolute atomic E-state index is 0.522. The molecule has 0 atom stereocenters. The van der Waals surface area contributed by atoms with Crippen LogP contribution in [-0.2, 0) is 5.41 Å². The van der Waals surface area contributed by atoms with Crippen LogP contribution >= 0.6 is 0 Å². The Morgan fingerprint density at radius 1 is 0.583 bits per heavy atom. The van der Waals surface area contributed by atoms with E-state index in [1.54, 1.807) is 36.8 Å². The highest BCUT2D eigenvalue weighted by molar-refractivity contribution is 5.33. The monoisotopic (exact) mass is 490 g/mol. The van der Waals surface area contributed by atoms with Crippen molar-refractivity contribution in [2.24, 2.45) is 23.2 Å². The van der Waals surface area contributed by atoms with Crippen LogP contribution in [-0.4, -0.2) is 0 Å². The maximum atomic E-state index is 2.59. The molecular formula is C36H58. The summed E-state index contributed by atoms with van der Waals surface area (Å²) in [6.07, 6.45) is 32.6. The summed E-state index contributed by atoms with van der Waals surface area (Å²) in [5, 5.41) is 0. The van der Waals surface area contributed by atoms with Gasteiger partial charge in [0.25, 0.3) is 0 Å². The third-order valence-electron chi connectivity index (χ3n) is 12.3. The first-order chi connectivity index (χ1) is 17.7. The topological polar surface area (TPSA) is 0 Å². The normalized spacial score (nSPS) is 36.7. The van der Waals surface area contributed by atoms with Crippen molar-refractivity contribution in [3.63, 3.8) is 0 Å². The molecule has 0 radical (unpaired) electrons. The highest BCUT2D eigenvalue weighted by atomic mass is 14.6. The minimum Gasteiger partial charge on any atom is -0.0654 e. The van der Waals surface area contributed by atoms with Crippen molar-refractivity contribution in [3.05, 3.63) is 35.4 Å². The molecule has 5 fully saturated rings. The summed E-state index contributed by atoms with van der Waals surface area (Å²) in [5.74, 6) is 3.97. The zero-order chi connectivity index (χ0) is 24.8. The largest absolute Gasteiger partial charge is 0.0654 e. The zero-order valence-electron chi connectivity index (χ0n) is 24.2. The molecule has 0 aromatic heterocycles. The number of fused-ring (bicyclic) bond motifs is 3. The van der Waals surface area contributed by atoms with Crippen molar-refractivity contribution in [2.75, 3.05) is 0 Å². The molecular weight excluding hydrogens is 432 g/mol. The van der Waals surface area contributed by atoms with Crippen LogP contribution in [0.2, 0.25) is 0 Å². The Hall–Kier alpha value is -0.780. The minimum atomic E-state index is 0.522. The first-order valence-electron chi connectivity index (χ1n) is 16.8. The second-order valence-electron chi connectivity index (χ2n) is 14.2. The third kappa shape index (κ3) is 5.94. The maximum absolute atomic E-state index is 2.59. The number of benzene rings is 1. The van der Waals surface area contributed by atoms with Crippen LogP contribution in [0.1, 0.15) is 172 Å². The van der Waals surface area contributed by atoms with Crippen LogP contribution in [0.3, 0.4) is 0 Å². The summed E-state index contributed by atoms with van der Waals surface area (Å²) in [6, 6.07) is 10.3. The molecule has 0 saturated heterocycles. The van der Waals surface area contributed by atoms with E-state index in [2.05, 4.69) is 38.1 Å². The first-order valence-corrected chi connectivity index (χ1v) is 16.8. The number of hydrogen-bond acceptors (Lipinski definition) is 0. The van der Waals surface area contributed by atoms with Crippen LogP contribution < -0.4 is 0 Å². The quantitative estimate of drug-likeness (QED) is 0.270.